The molecule has 1 aromatic rings. The zero-order valence-corrected chi connectivity index (χ0v) is 14.2. The van der Waals surface area contributed by atoms with Gasteiger partial charge in [0.2, 0.25) is 0 Å². The van der Waals surface area contributed by atoms with Crippen LogP contribution in [0.3, 0.4) is 0 Å². The average molecular weight is 288 g/mol. The molecule has 0 bridgehead atoms. The van der Waals surface area contributed by atoms with E-state index in [2.05, 4.69) is 57.0 Å². The standard InChI is InChI=1S/C19H32N2/c1-5-18(20)19(16-10-6-8-14(2)12-16)21(4)17-11-7-9-15(3)13-17/h6,8,10,12,15,17-19H,5,7,9,11,13,20H2,1-4H3. The molecule has 0 spiro atoms. The molecule has 21 heavy (non-hydrogen) atoms. The van der Waals surface area contributed by atoms with E-state index in [0.29, 0.717) is 12.1 Å². The van der Waals surface area contributed by atoms with Gasteiger partial charge in [-0.1, -0.05) is 56.5 Å². The molecule has 4 unspecified atom stereocenters. The van der Waals surface area contributed by atoms with Crippen molar-refractivity contribution in [3.8, 4) is 0 Å². The van der Waals surface area contributed by atoms with Crippen LogP contribution in [0.15, 0.2) is 24.3 Å². The van der Waals surface area contributed by atoms with Gasteiger partial charge >= 0.3 is 0 Å². The monoisotopic (exact) mass is 288 g/mol. The summed E-state index contributed by atoms with van der Waals surface area (Å²) in [4.78, 5) is 2.57. The van der Waals surface area contributed by atoms with Gasteiger partial charge in [0.05, 0.1) is 0 Å². The van der Waals surface area contributed by atoms with E-state index in [1.165, 1.54) is 36.8 Å². The summed E-state index contributed by atoms with van der Waals surface area (Å²) in [7, 11) is 2.28. The minimum absolute atomic E-state index is 0.203. The molecule has 1 fully saturated rings. The average Bonchev–Trinajstić information content (AvgIpc) is 2.47. The van der Waals surface area contributed by atoms with Crippen LogP contribution in [0.2, 0.25) is 0 Å². The third-order valence-corrected chi connectivity index (χ3v) is 5.18. The fourth-order valence-corrected chi connectivity index (χ4v) is 3.86. The van der Waals surface area contributed by atoms with E-state index in [4.69, 9.17) is 5.73 Å². The maximum absolute atomic E-state index is 6.50. The molecule has 2 rings (SSSR count). The topological polar surface area (TPSA) is 29.3 Å². The number of benzene rings is 1. The predicted octanol–water partition coefficient (Wildman–Crippen LogP) is 4.28. The van der Waals surface area contributed by atoms with E-state index in [1.807, 2.05) is 0 Å². The number of hydrogen-bond acceptors (Lipinski definition) is 2. The minimum Gasteiger partial charge on any atom is -0.326 e. The summed E-state index contributed by atoms with van der Waals surface area (Å²) >= 11 is 0. The number of nitrogens with zero attached hydrogens (tertiary/aromatic N) is 1. The summed E-state index contributed by atoms with van der Waals surface area (Å²) in [5.41, 5.74) is 9.20. The highest BCUT2D eigenvalue weighted by atomic mass is 15.2. The lowest BCUT2D eigenvalue weighted by Crippen LogP contribution is -2.45. The largest absolute Gasteiger partial charge is 0.326 e. The third kappa shape index (κ3) is 4.08. The van der Waals surface area contributed by atoms with Gasteiger partial charge < -0.3 is 5.73 Å². The van der Waals surface area contributed by atoms with Gasteiger partial charge in [0.15, 0.2) is 0 Å². The molecule has 118 valence electrons. The van der Waals surface area contributed by atoms with Crippen molar-refractivity contribution in [1.29, 1.82) is 0 Å². The third-order valence-electron chi connectivity index (χ3n) is 5.18. The molecule has 0 saturated heterocycles. The summed E-state index contributed by atoms with van der Waals surface area (Å²) in [5.74, 6) is 0.849. The zero-order chi connectivity index (χ0) is 15.4. The quantitative estimate of drug-likeness (QED) is 0.876. The van der Waals surface area contributed by atoms with Crippen molar-refractivity contribution < 1.29 is 0 Å². The van der Waals surface area contributed by atoms with Gasteiger partial charge in [0.25, 0.3) is 0 Å². The smallest absolute Gasteiger partial charge is 0.0499 e. The van der Waals surface area contributed by atoms with Crippen LogP contribution in [0.5, 0.6) is 0 Å². The van der Waals surface area contributed by atoms with Gasteiger partial charge in [0.1, 0.15) is 0 Å². The first kappa shape index (κ1) is 16.5. The van der Waals surface area contributed by atoms with Crippen LogP contribution < -0.4 is 5.73 Å². The first-order valence-corrected chi connectivity index (χ1v) is 8.57. The van der Waals surface area contributed by atoms with Crippen molar-refractivity contribution in [2.24, 2.45) is 11.7 Å². The SMILES string of the molecule is CCC(N)C(c1cccc(C)c1)N(C)C1CCCC(C)C1. The molecule has 2 heteroatoms. The van der Waals surface area contributed by atoms with Crippen molar-refractivity contribution >= 4 is 0 Å². The number of nitrogens with two attached hydrogens (primary N) is 1. The molecule has 0 heterocycles. The van der Waals surface area contributed by atoms with Crippen LogP contribution in [0.4, 0.5) is 0 Å². The van der Waals surface area contributed by atoms with Crippen LogP contribution in [0, 0.1) is 12.8 Å². The Morgan fingerprint density at radius 2 is 2.10 bits per heavy atom. The first-order chi connectivity index (χ1) is 10.0. The molecule has 0 aliphatic heterocycles. The fourth-order valence-electron chi connectivity index (χ4n) is 3.86. The van der Waals surface area contributed by atoms with Crippen molar-refractivity contribution in [2.75, 3.05) is 7.05 Å². The molecule has 1 saturated carbocycles. The van der Waals surface area contributed by atoms with Crippen LogP contribution >= 0.6 is 0 Å². The van der Waals surface area contributed by atoms with Gasteiger partial charge in [-0.25, -0.2) is 0 Å². The number of aryl methyl sites for hydroxylation is 1. The Balaban J connectivity index is 2.23. The number of likely N-dealkylation sites (N-methyl/N-ethyl adjacent to an activating group) is 1. The maximum Gasteiger partial charge on any atom is 0.0499 e. The second-order valence-corrected chi connectivity index (χ2v) is 7.02. The lowest BCUT2D eigenvalue weighted by Gasteiger charge is -2.41. The van der Waals surface area contributed by atoms with Crippen LogP contribution in [0.1, 0.15) is 63.1 Å². The molecule has 1 aliphatic carbocycles. The van der Waals surface area contributed by atoms with Crippen LogP contribution in [-0.4, -0.2) is 24.0 Å². The van der Waals surface area contributed by atoms with Gasteiger partial charge in [-0.2, -0.15) is 0 Å². The Morgan fingerprint density at radius 3 is 2.71 bits per heavy atom. The second kappa shape index (κ2) is 7.42. The highest BCUT2D eigenvalue weighted by molar-refractivity contribution is 5.26. The van der Waals surface area contributed by atoms with Crippen molar-refractivity contribution in [3.05, 3.63) is 35.4 Å². The molecule has 0 amide bonds. The summed E-state index contributed by atoms with van der Waals surface area (Å²) < 4.78 is 0. The molecule has 0 radical (unpaired) electrons. The van der Waals surface area contributed by atoms with E-state index in [1.54, 1.807) is 0 Å². The van der Waals surface area contributed by atoms with E-state index in [9.17, 15) is 0 Å². The second-order valence-electron chi connectivity index (χ2n) is 7.02. The van der Waals surface area contributed by atoms with Crippen molar-refractivity contribution in [1.82, 2.24) is 4.90 Å². The van der Waals surface area contributed by atoms with Gasteiger partial charge in [-0.15, -0.1) is 0 Å². The number of rotatable bonds is 5. The summed E-state index contributed by atoms with van der Waals surface area (Å²) in [6, 6.07) is 10.1. The molecular weight excluding hydrogens is 256 g/mol. The van der Waals surface area contributed by atoms with E-state index >= 15 is 0 Å². The molecule has 1 aliphatic rings. The Bertz CT molecular complexity index is 443. The lowest BCUT2D eigenvalue weighted by molar-refractivity contribution is 0.102. The minimum atomic E-state index is 0.203. The molecule has 4 atom stereocenters. The Labute approximate surface area is 130 Å². The highest BCUT2D eigenvalue weighted by Crippen LogP contribution is 2.33. The highest BCUT2D eigenvalue weighted by Gasteiger charge is 2.30. The molecule has 2 nitrogen and oxygen atoms in total. The van der Waals surface area contributed by atoms with E-state index in [0.717, 1.165) is 12.3 Å². The van der Waals surface area contributed by atoms with Gasteiger partial charge in [-0.05, 0) is 44.7 Å². The Kier molecular flexibility index (Phi) is 5.83. The van der Waals surface area contributed by atoms with Crippen LogP contribution in [0.25, 0.3) is 0 Å². The zero-order valence-electron chi connectivity index (χ0n) is 14.2. The van der Waals surface area contributed by atoms with E-state index in [-0.39, 0.29) is 6.04 Å². The van der Waals surface area contributed by atoms with Gasteiger partial charge in [0, 0.05) is 18.1 Å². The summed E-state index contributed by atoms with van der Waals surface area (Å²) in [5, 5.41) is 0. The summed E-state index contributed by atoms with van der Waals surface area (Å²) in [6.45, 7) is 6.76. The summed E-state index contributed by atoms with van der Waals surface area (Å²) in [6.07, 6.45) is 6.40. The molecular formula is C19H32N2. The van der Waals surface area contributed by atoms with Gasteiger partial charge in [-0.3, -0.25) is 4.90 Å². The Hall–Kier alpha value is -0.860. The Morgan fingerprint density at radius 1 is 1.33 bits per heavy atom. The number of hydrogen-bond donors (Lipinski definition) is 1. The molecule has 1 aromatic carbocycles. The van der Waals surface area contributed by atoms with Crippen molar-refractivity contribution in [2.45, 2.75) is 71.0 Å². The van der Waals surface area contributed by atoms with Crippen molar-refractivity contribution in [3.63, 3.8) is 0 Å². The van der Waals surface area contributed by atoms with E-state index < -0.39 is 0 Å². The molecule has 2 N–H and O–H groups in total. The fraction of sp³-hybridized carbons (Fsp3) is 0.684. The normalized spacial score (nSPS) is 25.8. The maximum atomic E-state index is 6.50. The lowest BCUT2D eigenvalue weighted by atomic mass is 9.84. The molecule has 0 aromatic heterocycles. The van der Waals surface area contributed by atoms with Crippen LogP contribution in [-0.2, 0) is 0 Å². The first-order valence-electron chi connectivity index (χ1n) is 8.57. The predicted molar refractivity (Wildman–Crippen MR) is 91.4 cm³/mol.